The lowest BCUT2D eigenvalue weighted by Crippen LogP contribution is -2.24. The van der Waals surface area contributed by atoms with Crippen LogP contribution < -0.4 is 16.6 Å². The zero-order valence-electron chi connectivity index (χ0n) is 15.9. The second-order valence-electron chi connectivity index (χ2n) is 7.01. The number of nitrogen functional groups attached to an aromatic ring is 1. The van der Waals surface area contributed by atoms with Crippen LogP contribution in [0.4, 0.5) is 5.82 Å². The van der Waals surface area contributed by atoms with Gasteiger partial charge in [0.2, 0.25) is 0 Å². The molecule has 3 aromatic rings. The summed E-state index contributed by atoms with van der Waals surface area (Å²) in [7, 11) is -3.53. The number of carbonyl (C=O) groups is 2. The van der Waals surface area contributed by atoms with E-state index in [0.717, 1.165) is 16.2 Å². The Hall–Kier alpha value is -3.72. The number of sulfone groups is 1. The Morgan fingerprint density at radius 1 is 0.933 bits per heavy atom. The average molecular weight is 423 g/mol. The third kappa shape index (κ3) is 3.29. The van der Waals surface area contributed by atoms with Gasteiger partial charge in [0.1, 0.15) is 5.82 Å². The van der Waals surface area contributed by atoms with Crippen LogP contribution in [0.5, 0.6) is 0 Å². The molecule has 0 saturated carbocycles. The lowest BCUT2D eigenvalue weighted by atomic mass is 10.1. The van der Waals surface area contributed by atoms with E-state index in [9.17, 15) is 22.8 Å². The van der Waals surface area contributed by atoms with Crippen LogP contribution >= 0.6 is 0 Å². The Morgan fingerprint density at radius 2 is 1.57 bits per heavy atom. The SMILES string of the molecule is Cc1ccc(S(=O)(=O)Cc2ccc(-n3c(N)c4c(cc3=O)C(=O)NC4=O)cc2)cc1. The van der Waals surface area contributed by atoms with Crippen LogP contribution in [-0.2, 0) is 15.6 Å². The van der Waals surface area contributed by atoms with Gasteiger partial charge >= 0.3 is 0 Å². The molecule has 0 fully saturated rings. The minimum atomic E-state index is -3.53. The maximum absolute atomic E-state index is 12.6. The number of hydrogen-bond donors (Lipinski definition) is 2. The number of benzene rings is 2. The molecule has 0 unspecified atom stereocenters. The van der Waals surface area contributed by atoms with E-state index < -0.39 is 27.2 Å². The zero-order chi connectivity index (χ0) is 21.6. The van der Waals surface area contributed by atoms with E-state index in [0.29, 0.717) is 11.3 Å². The molecule has 2 amide bonds. The van der Waals surface area contributed by atoms with Gasteiger partial charge in [0.15, 0.2) is 9.84 Å². The van der Waals surface area contributed by atoms with E-state index in [1.54, 1.807) is 48.5 Å². The highest BCUT2D eigenvalue weighted by atomic mass is 32.2. The van der Waals surface area contributed by atoms with E-state index in [2.05, 4.69) is 5.32 Å². The number of anilines is 1. The monoisotopic (exact) mass is 423 g/mol. The molecule has 0 saturated heterocycles. The lowest BCUT2D eigenvalue weighted by molar-refractivity contribution is 0.0880. The number of rotatable bonds is 4. The van der Waals surface area contributed by atoms with Gasteiger partial charge in [-0.15, -0.1) is 0 Å². The topological polar surface area (TPSA) is 128 Å². The molecule has 0 aliphatic carbocycles. The molecule has 0 bridgehead atoms. The smallest absolute Gasteiger partial charge is 0.262 e. The molecule has 9 heteroatoms. The van der Waals surface area contributed by atoms with E-state index in [1.807, 2.05) is 6.92 Å². The number of nitrogens with zero attached hydrogens (tertiary/aromatic N) is 1. The summed E-state index contributed by atoms with van der Waals surface area (Å²) in [4.78, 5) is 36.4. The number of amides is 2. The quantitative estimate of drug-likeness (QED) is 0.613. The molecule has 1 aromatic heterocycles. The highest BCUT2D eigenvalue weighted by Crippen LogP contribution is 2.24. The Morgan fingerprint density at radius 3 is 2.20 bits per heavy atom. The average Bonchev–Trinajstić information content (AvgIpc) is 2.97. The maximum Gasteiger partial charge on any atom is 0.262 e. The second kappa shape index (κ2) is 6.96. The molecule has 4 rings (SSSR count). The molecule has 0 radical (unpaired) electrons. The van der Waals surface area contributed by atoms with Gasteiger partial charge in [0, 0.05) is 6.07 Å². The zero-order valence-corrected chi connectivity index (χ0v) is 16.7. The molecule has 2 aromatic carbocycles. The van der Waals surface area contributed by atoms with Gasteiger partial charge in [-0.1, -0.05) is 29.8 Å². The van der Waals surface area contributed by atoms with Crippen molar-refractivity contribution >= 4 is 27.5 Å². The number of fused-ring (bicyclic) bond motifs is 1. The van der Waals surface area contributed by atoms with Crippen molar-refractivity contribution in [1.29, 1.82) is 0 Å². The van der Waals surface area contributed by atoms with Crippen molar-refractivity contribution in [1.82, 2.24) is 9.88 Å². The van der Waals surface area contributed by atoms with Gasteiger partial charge in [0.05, 0.1) is 27.5 Å². The van der Waals surface area contributed by atoms with Crippen molar-refractivity contribution in [3.63, 3.8) is 0 Å². The molecule has 0 spiro atoms. The van der Waals surface area contributed by atoms with Gasteiger partial charge in [-0.3, -0.25) is 24.3 Å². The fourth-order valence-electron chi connectivity index (χ4n) is 3.34. The first kappa shape index (κ1) is 19.6. The van der Waals surface area contributed by atoms with Gasteiger partial charge in [-0.05, 0) is 36.8 Å². The number of nitrogens with two attached hydrogens (primary N) is 1. The van der Waals surface area contributed by atoms with Gasteiger partial charge < -0.3 is 5.73 Å². The number of pyridine rings is 1. The number of imide groups is 1. The van der Waals surface area contributed by atoms with Crippen LogP contribution in [0.3, 0.4) is 0 Å². The van der Waals surface area contributed by atoms with Crippen molar-refractivity contribution < 1.29 is 18.0 Å². The third-order valence-electron chi connectivity index (χ3n) is 4.88. The molecule has 2 heterocycles. The minimum Gasteiger partial charge on any atom is -0.384 e. The van der Waals surface area contributed by atoms with E-state index >= 15 is 0 Å². The fourth-order valence-corrected chi connectivity index (χ4v) is 4.68. The first-order valence-corrected chi connectivity index (χ1v) is 10.6. The Bertz CT molecular complexity index is 1360. The van der Waals surface area contributed by atoms with Gasteiger partial charge in [0.25, 0.3) is 17.4 Å². The summed E-state index contributed by atoms with van der Waals surface area (Å²) in [5.41, 5.74) is 7.17. The minimum absolute atomic E-state index is 0.0503. The van der Waals surface area contributed by atoms with Crippen molar-refractivity contribution in [3.05, 3.63) is 87.2 Å². The van der Waals surface area contributed by atoms with Crippen LogP contribution in [0.25, 0.3) is 5.69 Å². The normalized spacial score (nSPS) is 13.2. The molecule has 1 aliphatic rings. The largest absolute Gasteiger partial charge is 0.384 e. The molecule has 8 nitrogen and oxygen atoms in total. The molecular weight excluding hydrogens is 406 g/mol. The van der Waals surface area contributed by atoms with Crippen LogP contribution in [0.1, 0.15) is 31.8 Å². The van der Waals surface area contributed by atoms with E-state index in [1.165, 1.54) is 0 Å². The number of carbonyl (C=O) groups excluding carboxylic acids is 2. The van der Waals surface area contributed by atoms with E-state index in [-0.39, 0.29) is 27.6 Å². The highest BCUT2D eigenvalue weighted by Gasteiger charge is 2.31. The summed E-state index contributed by atoms with van der Waals surface area (Å²) >= 11 is 0. The predicted octanol–water partition coefficient (Wildman–Crippen LogP) is 1.59. The first-order valence-electron chi connectivity index (χ1n) is 8.97. The maximum atomic E-state index is 12.6. The Labute approximate surface area is 171 Å². The van der Waals surface area contributed by atoms with Crippen molar-refractivity contribution in [3.8, 4) is 5.69 Å². The molecule has 0 atom stereocenters. The number of hydrogen-bond acceptors (Lipinski definition) is 6. The Kier molecular flexibility index (Phi) is 4.54. The van der Waals surface area contributed by atoms with Crippen molar-refractivity contribution in [2.45, 2.75) is 17.6 Å². The Balaban J connectivity index is 1.68. The predicted molar refractivity (Wildman–Crippen MR) is 110 cm³/mol. The summed E-state index contributed by atoms with van der Waals surface area (Å²) in [6, 6.07) is 13.9. The summed E-state index contributed by atoms with van der Waals surface area (Å²) in [5, 5.41) is 2.11. The molecule has 1 aliphatic heterocycles. The van der Waals surface area contributed by atoms with Crippen molar-refractivity contribution in [2.75, 3.05) is 5.73 Å². The first-order chi connectivity index (χ1) is 14.2. The standard InChI is InChI=1S/C21H17N3O5S/c1-12-2-8-15(9-3-12)30(28,29)11-13-4-6-14(7-5-13)24-17(25)10-16-18(19(24)22)21(27)23-20(16)26/h2-10H,11,22H2,1H3,(H,23,26,27). The molecular formula is C21H17N3O5S. The lowest BCUT2D eigenvalue weighted by Gasteiger charge is -2.12. The third-order valence-corrected chi connectivity index (χ3v) is 6.59. The molecule has 3 N–H and O–H groups in total. The number of aryl methyl sites for hydroxylation is 1. The molecule has 30 heavy (non-hydrogen) atoms. The number of nitrogens with one attached hydrogen (secondary N) is 1. The fraction of sp³-hybridized carbons (Fsp3) is 0.0952. The van der Waals surface area contributed by atoms with Gasteiger partial charge in [-0.2, -0.15) is 0 Å². The second-order valence-corrected chi connectivity index (χ2v) is 9.00. The van der Waals surface area contributed by atoms with Crippen molar-refractivity contribution in [2.24, 2.45) is 0 Å². The van der Waals surface area contributed by atoms with E-state index in [4.69, 9.17) is 5.73 Å². The summed E-state index contributed by atoms with van der Waals surface area (Å²) in [5.74, 6) is -1.69. The summed E-state index contributed by atoms with van der Waals surface area (Å²) in [6.45, 7) is 1.88. The van der Waals surface area contributed by atoms with Gasteiger partial charge in [-0.25, -0.2) is 8.42 Å². The highest BCUT2D eigenvalue weighted by molar-refractivity contribution is 7.90. The number of aromatic nitrogens is 1. The van der Waals surface area contributed by atoms with Crippen LogP contribution in [-0.4, -0.2) is 24.8 Å². The molecule has 152 valence electrons. The van der Waals surface area contributed by atoms with Crippen LogP contribution in [0.15, 0.2) is 64.3 Å². The van der Waals surface area contributed by atoms with Crippen LogP contribution in [0.2, 0.25) is 0 Å². The van der Waals surface area contributed by atoms with Crippen LogP contribution in [0, 0.1) is 6.92 Å². The summed E-state index contributed by atoms with van der Waals surface area (Å²) < 4.78 is 26.3. The summed E-state index contributed by atoms with van der Waals surface area (Å²) in [6.07, 6.45) is 0.